The van der Waals surface area contributed by atoms with Crippen LogP contribution in [0.1, 0.15) is 11.1 Å². The smallest absolute Gasteiger partial charge is 0.191 e. The molecule has 0 radical (unpaired) electrons. The van der Waals surface area contributed by atoms with Crippen molar-refractivity contribution in [3.05, 3.63) is 78.1 Å². The van der Waals surface area contributed by atoms with Gasteiger partial charge in [-0.2, -0.15) is 0 Å². The molecule has 0 heterocycles. The van der Waals surface area contributed by atoms with Gasteiger partial charge in [-0.3, -0.25) is 4.99 Å². The molecule has 0 saturated carbocycles. The van der Waals surface area contributed by atoms with Crippen molar-refractivity contribution in [3.8, 4) is 5.75 Å². The highest BCUT2D eigenvalue weighted by Gasteiger charge is 2.04. The van der Waals surface area contributed by atoms with Crippen LogP contribution in [0.3, 0.4) is 0 Å². The van der Waals surface area contributed by atoms with Crippen LogP contribution in [0.5, 0.6) is 5.75 Å². The number of benzene rings is 2. The minimum absolute atomic E-state index is 0.239. The van der Waals surface area contributed by atoms with Crippen LogP contribution in [-0.4, -0.2) is 19.6 Å². The van der Waals surface area contributed by atoms with E-state index in [9.17, 15) is 4.39 Å². The van der Waals surface area contributed by atoms with E-state index in [0.29, 0.717) is 25.7 Å². The van der Waals surface area contributed by atoms with Gasteiger partial charge in [-0.1, -0.05) is 43.0 Å². The zero-order valence-electron chi connectivity index (χ0n) is 13.8. The topological polar surface area (TPSA) is 45.6 Å². The molecule has 0 aliphatic rings. The Bertz CT molecular complexity index is 683. The fourth-order valence-corrected chi connectivity index (χ4v) is 2.13. The molecule has 0 aliphatic carbocycles. The van der Waals surface area contributed by atoms with Gasteiger partial charge < -0.3 is 15.4 Å². The Kier molecular flexibility index (Phi) is 6.83. The molecule has 24 heavy (non-hydrogen) atoms. The second-order valence-electron chi connectivity index (χ2n) is 5.11. The van der Waals surface area contributed by atoms with Crippen molar-refractivity contribution in [2.24, 2.45) is 4.99 Å². The number of hydrogen-bond acceptors (Lipinski definition) is 2. The average Bonchev–Trinajstić information content (AvgIpc) is 2.62. The van der Waals surface area contributed by atoms with Crippen molar-refractivity contribution in [1.82, 2.24) is 10.6 Å². The van der Waals surface area contributed by atoms with Gasteiger partial charge in [0.15, 0.2) is 5.96 Å². The maximum absolute atomic E-state index is 12.9. The minimum atomic E-state index is -0.239. The quantitative estimate of drug-likeness (QED) is 0.466. The van der Waals surface area contributed by atoms with Crippen LogP contribution in [0.4, 0.5) is 4.39 Å². The molecule has 2 aromatic rings. The standard InChI is InChI=1S/C19H22FN3O/c1-3-12-24-18-7-5-4-6-16(18)14-23-19(21-2)22-13-15-8-10-17(20)11-9-15/h3-11H,1,12-14H2,2H3,(H2,21,22,23). The van der Waals surface area contributed by atoms with Crippen molar-refractivity contribution in [2.75, 3.05) is 13.7 Å². The first-order valence-corrected chi connectivity index (χ1v) is 7.73. The van der Waals surface area contributed by atoms with E-state index in [4.69, 9.17) is 4.74 Å². The summed E-state index contributed by atoms with van der Waals surface area (Å²) in [7, 11) is 1.71. The SMILES string of the molecule is C=CCOc1ccccc1CNC(=NC)NCc1ccc(F)cc1. The molecule has 0 unspecified atom stereocenters. The Morgan fingerprint density at radius 3 is 2.54 bits per heavy atom. The summed E-state index contributed by atoms with van der Waals surface area (Å²) in [6.07, 6.45) is 1.72. The molecule has 2 rings (SSSR count). The van der Waals surface area contributed by atoms with Crippen LogP contribution in [-0.2, 0) is 13.1 Å². The number of ether oxygens (including phenoxy) is 1. The molecule has 2 N–H and O–H groups in total. The van der Waals surface area contributed by atoms with Crippen molar-refractivity contribution in [1.29, 1.82) is 0 Å². The van der Waals surface area contributed by atoms with E-state index >= 15 is 0 Å². The van der Waals surface area contributed by atoms with E-state index in [2.05, 4.69) is 22.2 Å². The van der Waals surface area contributed by atoms with Gasteiger partial charge in [0.25, 0.3) is 0 Å². The number of rotatable bonds is 7. The Labute approximate surface area is 142 Å². The summed E-state index contributed by atoms with van der Waals surface area (Å²) in [4.78, 5) is 4.19. The van der Waals surface area contributed by atoms with Gasteiger partial charge in [0.05, 0.1) is 0 Å². The lowest BCUT2D eigenvalue weighted by atomic mass is 10.2. The predicted molar refractivity (Wildman–Crippen MR) is 95.6 cm³/mol. The van der Waals surface area contributed by atoms with Crippen molar-refractivity contribution < 1.29 is 9.13 Å². The van der Waals surface area contributed by atoms with Crippen molar-refractivity contribution in [3.63, 3.8) is 0 Å². The molecule has 2 aromatic carbocycles. The van der Waals surface area contributed by atoms with Crippen LogP contribution in [0.25, 0.3) is 0 Å². The minimum Gasteiger partial charge on any atom is -0.489 e. The van der Waals surface area contributed by atoms with E-state index in [-0.39, 0.29) is 5.82 Å². The normalized spacial score (nSPS) is 11.0. The molecule has 126 valence electrons. The third kappa shape index (κ3) is 5.43. The molecule has 0 spiro atoms. The Hall–Kier alpha value is -2.82. The first-order valence-electron chi connectivity index (χ1n) is 7.73. The fourth-order valence-electron chi connectivity index (χ4n) is 2.13. The Morgan fingerprint density at radius 1 is 1.12 bits per heavy atom. The molecule has 0 amide bonds. The third-order valence-corrected chi connectivity index (χ3v) is 3.37. The number of para-hydroxylation sites is 1. The Balaban J connectivity index is 1.89. The summed E-state index contributed by atoms with van der Waals surface area (Å²) in [6, 6.07) is 14.2. The molecular formula is C19H22FN3O. The largest absolute Gasteiger partial charge is 0.489 e. The van der Waals surface area contributed by atoms with E-state index in [0.717, 1.165) is 16.9 Å². The van der Waals surface area contributed by atoms with Gasteiger partial charge in [-0.25, -0.2) is 4.39 Å². The van der Waals surface area contributed by atoms with Gasteiger partial charge >= 0.3 is 0 Å². The van der Waals surface area contributed by atoms with Gasteiger partial charge in [-0.15, -0.1) is 0 Å². The first-order chi connectivity index (χ1) is 11.7. The molecule has 0 fully saturated rings. The first kappa shape index (κ1) is 17.5. The third-order valence-electron chi connectivity index (χ3n) is 3.37. The van der Waals surface area contributed by atoms with E-state index in [1.165, 1.54) is 12.1 Å². The summed E-state index contributed by atoms with van der Waals surface area (Å²) in [6.45, 7) is 5.27. The molecule has 5 heteroatoms. The van der Waals surface area contributed by atoms with Crippen LogP contribution in [0.15, 0.2) is 66.2 Å². The molecule has 4 nitrogen and oxygen atoms in total. The van der Waals surface area contributed by atoms with Gasteiger partial charge in [-0.05, 0) is 23.8 Å². The summed E-state index contributed by atoms with van der Waals surface area (Å²) in [5.74, 6) is 1.24. The van der Waals surface area contributed by atoms with Crippen molar-refractivity contribution >= 4 is 5.96 Å². The monoisotopic (exact) mass is 327 g/mol. The zero-order valence-corrected chi connectivity index (χ0v) is 13.8. The molecule has 0 bridgehead atoms. The number of nitrogens with one attached hydrogen (secondary N) is 2. The summed E-state index contributed by atoms with van der Waals surface area (Å²) < 4.78 is 18.6. The molecule has 0 saturated heterocycles. The van der Waals surface area contributed by atoms with E-state index in [1.807, 2.05) is 24.3 Å². The number of halogens is 1. The number of hydrogen-bond donors (Lipinski definition) is 2. The van der Waals surface area contributed by atoms with Crippen LogP contribution in [0.2, 0.25) is 0 Å². The summed E-state index contributed by atoms with van der Waals surface area (Å²) >= 11 is 0. The highest BCUT2D eigenvalue weighted by molar-refractivity contribution is 5.79. The number of guanidine groups is 1. The molecular weight excluding hydrogens is 305 g/mol. The highest BCUT2D eigenvalue weighted by Crippen LogP contribution is 2.17. The predicted octanol–water partition coefficient (Wildman–Crippen LogP) is 3.26. The lowest BCUT2D eigenvalue weighted by Gasteiger charge is -2.14. The zero-order chi connectivity index (χ0) is 17.2. The second kappa shape index (κ2) is 9.35. The van der Waals surface area contributed by atoms with Crippen LogP contribution >= 0.6 is 0 Å². The summed E-state index contributed by atoms with van der Waals surface area (Å²) in [5, 5.41) is 6.44. The van der Waals surface area contributed by atoms with Gasteiger partial charge in [0.1, 0.15) is 18.2 Å². The lowest BCUT2D eigenvalue weighted by molar-refractivity contribution is 0.358. The molecule has 0 aromatic heterocycles. The van der Waals surface area contributed by atoms with E-state index in [1.54, 1.807) is 25.3 Å². The highest BCUT2D eigenvalue weighted by atomic mass is 19.1. The number of aliphatic imine (C=N–C) groups is 1. The average molecular weight is 327 g/mol. The summed E-state index contributed by atoms with van der Waals surface area (Å²) in [5.41, 5.74) is 2.01. The maximum Gasteiger partial charge on any atom is 0.191 e. The number of nitrogens with zero attached hydrogens (tertiary/aromatic N) is 1. The van der Waals surface area contributed by atoms with Gasteiger partial charge in [0, 0.05) is 25.7 Å². The second-order valence-corrected chi connectivity index (χ2v) is 5.11. The lowest BCUT2D eigenvalue weighted by Crippen LogP contribution is -2.36. The van der Waals surface area contributed by atoms with Crippen molar-refractivity contribution in [2.45, 2.75) is 13.1 Å². The Morgan fingerprint density at radius 2 is 1.83 bits per heavy atom. The fraction of sp³-hybridized carbons (Fsp3) is 0.211. The van der Waals surface area contributed by atoms with E-state index < -0.39 is 0 Å². The molecule has 0 atom stereocenters. The van der Waals surface area contributed by atoms with Gasteiger partial charge in [0.2, 0.25) is 0 Å². The molecule has 0 aliphatic heterocycles. The van der Waals surface area contributed by atoms with Crippen LogP contribution in [0, 0.1) is 5.82 Å². The maximum atomic E-state index is 12.9. The van der Waals surface area contributed by atoms with Crippen LogP contribution < -0.4 is 15.4 Å².